The lowest BCUT2D eigenvalue weighted by Gasteiger charge is -2.32. The first-order chi connectivity index (χ1) is 4.58. The maximum absolute atomic E-state index is 4.47. The van der Waals surface area contributed by atoms with Crippen LogP contribution in [0.2, 0.25) is 0 Å². The number of hydrogen-bond acceptors (Lipinski definition) is 2. The molecule has 0 aromatic carbocycles. The van der Waals surface area contributed by atoms with Gasteiger partial charge in [-0.1, -0.05) is 13.8 Å². The van der Waals surface area contributed by atoms with E-state index in [0.29, 0.717) is 0 Å². The molecule has 1 aliphatic heterocycles. The van der Waals surface area contributed by atoms with Gasteiger partial charge in [0.05, 0.1) is 0 Å². The van der Waals surface area contributed by atoms with E-state index in [0.717, 1.165) is 0 Å². The summed E-state index contributed by atoms with van der Waals surface area (Å²) in [5, 5.41) is 0. The fourth-order valence-corrected chi connectivity index (χ4v) is 1.14. The Hall–Kier alpha value is 0.310. The Kier molecular flexibility index (Phi) is 2.64. The number of nitrogens with zero attached hydrogens (tertiary/aromatic N) is 1. The number of thiol groups is 1. The van der Waals surface area contributed by atoms with E-state index >= 15 is 0 Å². The van der Waals surface area contributed by atoms with Crippen LogP contribution in [0.1, 0.15) is 26.7 Å². The molecule has 0 spiro atoms. The molecule has 1 nitrogen and oxygen atoms in total. The van der Waals surface area contributed by atoms with Gasteiger partial charge in [0.2, 0.25) is 0 Å². The van der Waals surface area contributed by atoms with Gasteiger partial charge in [-0.3, -0.25) is 0 Å². The molecule has 0 saturated carbocycles. The Bertz CT molecular complexity index is 102. The number of likely N-dealkylation sites (tertiary alicyclic amines) is 1. The zero-order chi connectivity index (χ0) is 7.61. The molecule has 0 aliphatic carbocycles. The van der Waals surface area contributed by atoms with E-state index in [4.69, 9.17) is 0 Å². The monoisotopic (exact) mass is 159 g/mol. The molecule has 0 atom stereocenters. The molecule has 0 amide bonds. The molecule has 1 fully saturated rings. The van der Waals surface area contributed by atoms with Crippen LogP contribution < -0.4 is 0 Å². The maximum atomic E-state index is 4.47. The van der Waals surface area contributed by atoms with Crippen molar-refractivity contribution in [1.29, 1.82) is 0 Å². The minimum atomic E-state index is 0.218. The number of hydrogen-bond donors (Lipinski definition) is 1. The highest BCUT2D eigenvalue weighted by Crippen LogP contribution is 2.18. The van der Waals surface area contributed by atoms with E-state index in [1.807, 2.05) is 0 Å². The van der Waals surface area contributed by atoms with E-state index < -0.39 is 0 Å². The summed E-state index contributed by atoms with van der Waals surface area (Å²) in [5.74, 6) is 0. The first-order valence-electron chi connectivity index (χ1n) is 4.03. The first-order valence-corrected chi connectivity index (χ1v) is 4.47. The minimum absolute atomic E-state index is 0.218. The van der Waals surface area contributed by atoms with Crippen LogP contribution in [0.5, 0.6) is 0 Å². The van der Waals surface area contributed by atoms with Gasteiger partial charge in [0.1, 0.15) is 0 Å². The molecule has 1 aliphatic rings. The highest BCUT2D eigenvalue weighted by molar-refractivity contribution is 7.81. The average Bonchev–Trinajstić information content (AvgIpc) is 1.56. The highest BCUT2D eigenvalue weighted by atomic mass is 32.1. The van der Waals surface area contributed by atoms with Crippen LogP contribution in [0, 0.1) is 0 Å². The summed E-state index contributed by atoms with van der Waals surface area (Å²) < 4.78 is 0.218. The molecule has 0 unspecified atom stereocenters. The summed E-state index contributed by atoms with van der Waals surface area (Å²) >= 11 is 4.47. The van der Waals surface area contributed by atoms with Gasteiger partial charge < -0.3 is 4.90 Å². The van der Waals surface area contributed by atoms with Gasteiger partial charge in [-0.15, -0.1) is 0 Å². The predicted octanol–water partition coefficient (Wildman–Crippen LogP) is 1.79. The number of rotatable bonds is 3. The molecule has 0 N–H and O–H groups in total. The second-order valence-corrected chi connectivity index (χ2v) is 4.97. The highest BCUT2D eigenvalue weighted by Gasteiger charge is 2.17. The van der Waals surface area contributed by atoms with Crippen molar-refractivity contribution in [3.8, 4) is 0 Å². The summed E-state index contributed by atoms with van der Waals surface area (Å²) in [5.41, 5.74) is 0. The van der Waals surface area contributed by atoms with Crippen LogP contribution in [0.15, 0.2) is 0 Å². The topological polar surface area (TPSA) is 3.24 Å². The lowest BCUT2D eigenvalue weighted by Crippen LogP contribution is -2.39. The van der Waals surface area contributed by atoms with Crippen molar-refractivity contribution < 1.29 is 0 Å². The SMILES string of the molecule is CC(C)(S)CCN1CCC1. The Morgan fingerprint density at radius 3 is 2.30 bits per heavy atom. The second-order valence-electron chi connectivity index (χ2n) is 3.76. The summed E-state index contributed by atoms with van der Waals surface area (Å²) in [6.45, 7) is 8.20. The van der Waals surface area contributed by atoms with E-state index in [2.05, 4.69) is 31.4 Å². The normalized spacial score (nSPS) is 20.7. The molecule has 0 radical (unpaired) electrons. The van der Waals surface area contributed by atoms with Crippen molar-refractivity contribution in [3.63, 3.8) is 0 Å². The zero-order valence-electron chi connectivity index (χ0n) is 6.93. The fraction of sp³-hybridized carbons (Fsp3) is 1.00. The molecule has 1 rings (SSSR count). The largest absolute Gasteiger partial charge is 0.303 e. The van der Waals surface area contributed by atoms with Crippen molar-refractivity contribution in [3.05, 3.63) is 0 Å². The van der Waals surface area contributed by atoms with Gasteiger partial charge >= 0.3 is 0 Å². The Labute approximate surface area is 69.2 Å². The quantitative estimate of drug-likeness (QED) is 0.614. The van der Waals surface area contributed by atoms with E-state index in [9.17, 15) is 0 Å². The van der Waals surface area contributed by atoms with Crippen LogP contribution in [-0.4, -0.2) is 29.3 Å². The molecule has 1 heterocycles. The summed E-state index contributed by atoms with van der Waals surface area (Å²) in [6.07, 6.45) is 2.60. The van der Waals surface area contributed by atoms with Crippen LogP contribution in [0.4, 0.5) is 0 Å². The summed E-state index contributed by atoms with van der Waals surface area (Å²) in [4.78, 5) is 2.48. The fourth-order valence-electron chi connectivity index (χ4n) is 1.04. The Balaban J connectivity index is 2.04. The van der Waals surface area contributed by atoms with Gasteiger partial charge in [-0.2, -0.15) is 12.6 Å². The predicted molar refractivity (Wildman–Crippen MR) is 48.7 cm³/mol. The van der Waals surface area contributed by atoms with E-state index in [1.165, 1.54) is 32.5 Å². The molecule has 1 saturated heterocycles. The summed E-state index contributed by atoms with van der Waals surface area (Å²) in [7, 11) is 0. The van der Waals surface area contributed by atoms with Crippen molar-refractivity contribution in [2.24, 2.45) is 0 Å². The molecule has 2 heteroatoms. The summed E-state index contributed by atoms with van der Waals surface area (Å²) in [6, 6.07) is 0. The molecule has 0 bridgehead atoms. The lowest BCUT2D eigenvalue weighted by atomic mass is 10.1. The molecule has 0 aromatic heterocycles. The molecular weight excluding hydrogens is 142 g/mol. The smallest absolute Gasteiger partial charge is 0.00853 e. The Morgan fingerprint density at radius 2 is 2.00 bits per heavy atom. The van der Waals surface area contributed by atoms with Gasteiger partial charge in [0.25, 0.3) is 0 Å². The standard InChI is InChI=1S/C8H17NS/c1-8(2,10)4-7-9-5-3-6-9/h10H,3-7H2,1-2H3. The maximum Gasteiger partial charge on any atom is 0.00853 e. The Morgan fingerprint density at radius 1 is 1.40 bits per heavy atom. The van der Waals surface area contributed by atoms with Crippen molar-refractivity contribution in [1.82, 2.24) is 4.90 Å². The van der Waals surface area contributed by atoms with Crippen molar-refractivity contribution in [2.75, 3.05) is 19.6 Å². The van der Waals surface area contributed by atoms with Crippen LogP contribution in [0.25, 0.3) is 0 Å². The molecule has 10 heavy (non-hydrogen) atoms. The van der Waals surface area contributed by atoms with Gasteiger partial charge in [-0.25, -0.2) is 0 Å². The minimum Gasteiger partial charge on any atom is -0.303 e. The van der Waals surface area contributed by atoms with Crippen LogP contribution in [0.3, 0.4) is 0 Å². The lowest BCUT2D eigenvalue weighted by molar-refractivity contribution is 0.175. The third kappa shape index (κ3) is 2.93. The molecule has 0 aromatic rings. The van der Waals surface area contributed by atoms with E-state index in [1.54, 1.807) is 0 Å². The first kappa shape index (κ1) is 8.41. The van der Waals surface area contributed by atoms with Crippen LogP contribution in [-0.2, 0) is 0 Å². The van der Waals surface area contributed by atoms with Crippen molar-refractivity contribution >= 4 is 12.6 Å². The van der Waals surface area contributed by atoms with Crippen molar-refractivity contribution in [2.45, 2.75) is 31.4 Å². The van der Waals surface area contributed by atoms with Gasteiger partial charge in [0.15, 0.2) is 0 Å². The third-order valence-electron chi connectivity index (χ3n) is 1.99. The molecular formula is C8H17NS. The van der Waals surface area contributed by atoms with Gasteiger partial charge in [-0.05, 0) is 32.5 Å². The third-order valence-corrected chi connectivity index (χ3v) is 2.21. The van der Waals surface area contributed by atoms with E-state index in [-0.39, 0.29) is 4.75 Å². The average molecular weight is 159 g/mol. The second kappa shape index (κ2) is 3.14. The molecule has 60 valence electrons. The van der Waals surface area contributed by atoms with Gasteiger partial charge in [0, 0.05) is 4.75 Å². The van der Waals surface area contributed by atoms with Crippen LogP contribution >= 0.6 is 12.6 Å². The zero-order valence-corrected chi connectivity index (χ0v) is 7.82.